The van der Waals surface area contributed by atoms with Gasteiger partial charge in [0.05, 0.1) is 17.3 Å². The Bertz CT molecular complexity index is 514. The van der Waals surface area contributed by atoms with Crippen LogP contribution in [0, 0.1) is 5.82 Å². The number of anilines is 1. The number of amides is 1. The lowest BCUT2D eigenvalue weighted by Gasteiger charge is -2.39. The van der Waals surface area contributed by atoms with Crippen LogP contribution in [-0.4, -0.2) is 61.5 Å². The van der Waals surface area contributed by atoms with Gasteiger partial charge in [-0.3, -0.25) is 9.69 Å². The molecule has 21 heavy (non-hydrogen) atoms. The van der Waals surface area contributed by atoms with Crippen molar-refractivity contribution in [1.82, 2.24) is 9.80 Å². The Morgan fingerprint density at radius 3 is 2.95 bits per heavy atom. The fourth-order valence-corrected chi connectivity index (χ4v) is 2.66. The van der Waals surface area contributed by atoms with Gasteiger partial charge in [-0.05, 0) is 25.2 Å². The number of halogens is 2. The Balaban J connectivity index is 1.94. The number of benzene rings is 1. The maximum absolute atomic E-state index is 13.0. The first-order valence-corrected chi connectivity index (χ1v) is 7.25. The van der Waals surface area contributed by atoms with Crippen LogP contribution in [0.1, 0.15) is 0 Å². The highest BCUT2D eigenvalue weighted by Crippen LogP contribution is 2.22. The summed E-state index contributed by atoms with van der Waals surface area (Å²) in [6.45, 7) is 3.31. The van der Waals surface area contributed by atoms with E-state index in [2.05, 4.69) is 15.1 Å². The maximum Gasteiger partial charge on any atom is 0.238 e. The van der Waals surface area contributed by atoms with Crippen molar-refractivity contribution >= 4 is 23.2 Å². The molecule has 3 N–H and O–H groups in total. The number of likely N-dealkylation sites (N-methyl/N-ethyl adjacent to an activating group) is 1. The zero-order chi connectivity index (χ0) is 15.4. The van der Waals surface area contributed by atoms with Crippen molar-refractivity contribution < 1.29 is 9.18 Å². The molecule has 0 radical (unpaired) electrons. The monoisotopic (exact) mass is 314 g/mol. The molecule has 1 aliphatic rings. The van der Waals surface area contributed by atoms with Gasteiger partial charge >= 0.3 is 0 Å². The van der Waals surface area contributed by atoms with Crippen LogP contribution in [0.15, 0.2) is 18.2 Å². The van der Waals surface area contributed by atoms with Crippen molar-refractivity contribution in [3.05, 3.63) is 29.0 Å². The van der Waals surface area contributed by atoms with Crippen LogP contribution in [0.2, 0.25) is 5.02 Å². The number of hydrogen-bond donors (Lipinski definition) is 2. The summed E-state index contributed by atoms with van der Waals surface area (Å²) in [5.74, 6) is -0.605. The van der Waals surface area contributed by atoms with Crippen molar-refractivity contribution in [2.45, 2.75) is 6.04 Å². The van der Waals surface area contributed by atoms with Gasteiger partial charge in [0, 0.05) is 32.2 Å². The largest absolute Gasteiger partial charge is 0.329 e. The first kappa shape index (κ1) is 16.2. The molecule has 2 rings (SSSR count). The molecular formula is C14H20ClFN4O. The Labute approximate surface area is 128 Å². The fraction of sp³-hybridized carbons (Fsp3) is 0.500. The number of nitrogens with zero attached hydrogens (tertiary/aromatic N) is 2. The minimum Gasteiger partial charge on any atom is -0.329 e. The minimum atomic E-state index is -0.430. The van der Waals surface area contributed by atoms with Gasteiger partial charge in [0.1, 0.15) is 5.82 Å². The molecule has 116 valence electrons. The van der Waals surface area contributed by atoms with E-state index in [0.29, 0.717) is 12.2 Å². The Morgan fingerprint density at radius 2 is 2.29 bits per heavy atom. The maximum atomic E-state index is 13.0. The minimum absolute atomic E-state index is 0.165. The van der Waals surface area contributed by atoms with Crippen LogP contribution in [0.4, 0.5) is 10.1 Å². The molecule has 1 aromatic carbocycles. The average Bonchev–Trinajstić information content (AvgIpc) is 2.44. The van der Waals surface area contributed by atoms with E-state index in [9.17, 15) is 9.18 Å². The molecule has 1 heterocycles. The Kier molecular flexibility index (Phi) is 5.52. The first-order valence-electron chi connectivity index (χ1n) is 6.87. The molecule has 1 amide bonds. The number of carbonyl (C=O) groups is 1. The van der Waals surface area contributed by atoms with Crippen molar-refractivity contribution in [3.8, 4) is 0 Å². The molecule has 1 aromatic rings. The van der Waals surface area contributed by atoms with Crippen LogP contribution >= 0.6 is 11.6 Å². The van der Waals surface area contributed by atoms with E-state index in [0.717, 1.165) is 19.6 Å². The highest BCUT2D eigenvalue weighted by molar-refractivity contribution is 6.33. The second-order valence-corrected chi connectivity index (χ2v) is 5.70. The summed E-state index contributed by atoms with van der Waals surface area (Å²) in [6.07, 6.45) is 0. The van der Waals surface area contributed by atoms with Gasteiger partial charge in [0.25, 0.3) is 0 Å². The molecule has 5 nitrogen and oxygen atoms in total. The molecule has 0 aliphatic carbocycles. The van der Waals surface area contributed by atoms with Crippen molar-refractivity contribution in [2.24, 2.45) is 5.73 Å². The van der Waals surface area contributed by atoms with Gasteiger partial charge < -0.3 is 16.0 Å². The molecule has 0 bridgehead atoms. The van der Waals surface area contributed by atoms with Gasteiger partial charge in [-0.25, -0.2) is 4.39 Å². The third kappa shape index (κ3) is 4.38. The predicted octanol–water partition coefficient (Wildman–Crippen LogP) is 0.992. The van der Waals surface area contributed by atoms with Crippen LogP contribution in [0.25, 0.3) is 0 Å². The van der Waals surface area contributed by atoms with E-state index in [-0.39, 0.29) is 23.5 Å². The van der Waals surface area contributed by atoms with Crippen LogP contribution in [-0.2, 0) is 4.79 Å². The summed E-state index contributed by atoms with van der Waals surface area (Å²) in [5.41, 5.74) is 6.18. The molecule has 1 saturated heterocycles. The highest BCUT2D eigenvalue weighted by Gasteiger charge is 2.25. The molecule has 0 aromatic heterocycles. The number of rotatable bonds is 4. The molecule has 1 fully saturated rings. The van der Waals surface area contributed by atoms with E-state index >= 15 is 0 Å². The fourth-order valence-electron chi connectivity index (χ4n) is 2.45. The van der Waals surface area contributed by atoms with E-state index in [4.69, 9.17) is 17.3 Å². The molecular weight excluding hydrogens is 295 g/mol. The molecule has 0 saturated carbocycles. The SMILES string of the molecule is CN1CCN(CC(=O)Nc2ccc(F)cc2Cl)C(CN)C1. The number of carbonyl (C=O) groups excluding carboxylic acids is 1. The van der Waals surface area contributed by atoms with Crippen LogP contribution < -0.4 is 11.1 Å². The van der Waals surface area contributed by atoms with Crippen LogP contribution in [0.5, 0.6) is 0 Å². The predicted molar refractivity (Wildman–Crippen MR) is 82.0 cm³/mol. The molecule has 0 spiro atoms. The third-order valence-corrected chi connectivity index (χ3v) is 3.94. The average molecular weight is 315 g/mol. The lowest BCUT2D eigenvalue weighted by Crippen LogP contribution is -2.56. The summed E-state index contributed by atoms with van der Waals surface area (Å²) in [5, 5.41) is 2.90. The summed E-state index contributed by atoms with van der Waals surface area (Å²) in [6, 6.07) is 4.06. The lowest BCUT2D eigenvalue weighted by atomic mass is 10.1. The van der Waals surface area contributed by atoms with Crippen molar-refractivity contribution in [3.63, 3.8) is 0 Å². The summed E-state index contributed by atoms with van der Waals surface area (Å²) in [4.78, 5) is 16.4. The zero-order valence-electron chi connectivity index (χ0n) is 12.0. The van der Waals surface area contributed by atoms with Crippen LogP contribution in [0.3, 0.4) is 0 Å². The second kappa shape index (κ2) is 7.17. The van der Waals surface area contributed by atoms with E-state index in [1.807, 2.05) is 7.05 Å². The smallest absolute Gasteiger partial charge is 0.238 e. The number of nitrogens with two attached hydrogens (primary N) is 1. The zero-order valence-corrected chi connectivity index (χ0v) is 12.7. The number of nitrogens with one attached hydrogen (secondary N) is 1. The van der Waals surface area contributed by atoms with Gasteiger partial charge in [0.2, 0.25) is 5.91 Å². The van der Waals surface area contributed by atoms with E-state index < -0.39 is 5.82 Å². The van der Waals surface area contributed by atoms with Gasteiger partial charge in [-0.15, -0.1) is 0 Å². The van der Waals surface area contributed by atoms with Gasteiger partial charge in [-0.1, -0.05) is 11.6 Å². The molecule has 1 aliphatic heterocycles. The van der Waals surface area contributed by atoms with Crippen molar-refractivity contribution in [1.29, 1.82) is 0 Å². The highest BCUT2D eigenvalue weighted by atomic mass is 35.5. The van der Waals surface area contributed by atoms with Gasteiger partial charge in [0.15, 0.2) is 0 Å². The molecule has 1 unspecified atom stereocenters. The standard InChI is InChI=1S/C14H20ClFN4O/c1-19-4-5-20(11(7-17)8-19)9-14(21)18-13-3-2-10(16)6-12(13)15/h2-3,6,11H,4-5,7-9,17H2,1H3,(H,18,21). The number of hydrogen-bond acceptors (Lipinski definition) is 4. The van der Waals surface area contributed by atoms with E-state index in [1.165, 1.54) is 18.2 Å². The lowest BCUT2D eigenvalue weighted by molar-refractivity contribution is -0.118. The Morgan fingerprint density at radius 1 is 1.52 bits per heavy atom. The first-order chi connectivity index (χ1) is 9.99. The van der Waals surface area contributed by atoms with E-state index in [1.54, 1.807) is 0 Å². The number of piperazine rings is 1. The second-order valence-electron chi connectivity index (χ2n) is 5.29. The third-order valence-electron chi connectivity index (χ3n) is 3.63. The van der Waals surface area contributed by atoms with Crippen molar-refractivity contribution in [2.75, 3.05) is 45.1 Å². The Hall–Kier alpha value is -1.21. The summed E-state index contributed by atoms with van der Waals surface area (Å²) in [7, 11) is 2.04. The normalized spacial score (nSPS) is 20.5. The topological polar surface area (TPSA) is 61.6 Å². The van der Waals surface area contributed by atoms with Gasteiger partial charge in [-0.2, -0.15) is 0 Å². The molecule has 1 atom stereocenters. The summed E-state index contributed by atoms with van der Waals surface area (Å²) >= 11 is 5.90. The summed E-state index contributed by atoms with van der Waals surface area (Å²) < 4.78 is 13.0. The quantitative estimate of drug-likeness (QED) is 0.870. The molecule has 7 heteroatoms.